The van der Waals surface area contributed by atoms with Gasteiger partial charge >= 0.3 is 0 Å². The maximum Gasteiger partial charge on any atom is 0.0712 e. The molecule has 0 spiro atoms. The lowest BCUT2D eigenvalue weighted by molar-refractivity contribution is 0.0606. The van der Waals surface area contributed by atoms with Crippen LogP contribution in [0.5, 0.6) is 0 Å². The molecule has 2 rings (SSSR count). The second-order valence-corrected chi connectivity index (χ2v) is 7.31. The second-order valence-electron chi connectivity index (χ2n) is 7.31. The first kappa shape index (κ1) is 16.5. The van der Waals surface area contributed by atoms with Gasteiger partial charge in [-0.15, -0.1) is 0 Å². The van der Waals surface area contributed by atoms with E-state index in [1.54, 1.807) is 0 Å². The Bertz CT molecular complexity index is 413. The van der Waals surface area contributed by atoms with Gasteiger partial charge in [0, 0.05) is 25.7 Å². The Balaban J connectivity index is 1.67. The number of hydrogen-bond acceptors (Lipinski definition) is 3. The van der Waals surface area contributed by atoms with Crippen LogP contribution in [0.4, 0.5) is 0 Å². The number of aliphatic hydroxyl groups excluding tert-OH is 1. The lowest BCUT2D eigenvalue weighted by Crippen LogP contribution is -2.42. The van der Waals surface area contributed by atoms with Gasteiger partial charge in [0.25, 0.3) is 0 Å². The third kappa shape index (κ3) is 5.42. The van der Waals surface area contributed by atoms with Crippen LogP contribution in [0.1, 0.15) is 32.8 Å². The number of rotatable bonds is 6. The minimum absolute atomic E-state index is 0.0431. The highest BCUT2D eigenvalue weighted by Crippen LogP contribution is 2.19. The van der Waals surface area contributed by atoms with Crippen LogP contribution in [0.25, 0.3) is 0 Å². The first-order valence-electron chi connectivity index (χ1n) is 8.13. The summed E-state index contributed by atoms with van der Waals surface area (Å²) in [5, 5.41) is 13.6. The Hall–Kier alpha value is -0.900. The van der Waals surface area contributed by atoms with Gasteiger partial charge in [-0.2, -0.15) is 0 Å². The van der Waals surface area contributed by atoms with Crippen LogP contribution in [0.2, 0.25) is 0 Å². The van der Waals surface area contributed by atoms with Crippen molar-refractivity contribution in [1.29, 1.82) is 0 Å². The molecule has 1 aromatic carbocycles. The fourth-order valence-corrected chi connectivity index (χ4v) is 2.72. The molecule has 3 heteroatoms. The minimum Gasteiger partial charge on any atom is -0.391 e. The number of benzene rings is 1. The van der Waals surface area contributed by atoms with E-state index in [0.29, 0.717) is 12.6 Å². The molecule has 1 saturated heterocycles. The molecule has 0 bridgehead atoms. The first-order valence-corrected chi connectivity index (χ1v) is 8.13. The van der Waals surface area contributed by atoms with Gasteiger partial charge in [0.05, 0.1) is 6.10 Å². The third-order valence-corrected chi connectivity index (χ3v) is 4.43. The molecule has 1 aliphatic heterocycles. The van der Waals surface area contributed by atoms with Gasteiger partial charge in [0.2, 0.25) is 0 Å². The van der Waals surface area contributed by atoms with Gasteiger partial charge < -0.3 is 15.3 Å². The van der Waals surface area contributed by atoms with Gasteiger partial charge in [0.15, 0.2) is 0 Å². The summed E-state index contributed by atoms with van der Waals surface area (Å²) in [4.78, 5) is 2.52. The predicted octanol–water partition coefficient (Wildman–Crippen LogP) is 2.30. The van der Waals surface area contributed by atoms with Crippen molar-refractivity contribution in [2.45, 2.75) is 45.8 Å². The van der Waals surface area contributed by atoms with Crippen LogP contribution >= 0.6 is 0 Å². The number of nitrogens with one attached hydrogen (secondary N) is 1. The zero-order chi connectivity index (χ0) is 15.3. The van der Waals surface area contributed by atoms with Gasteiger partial charge in [-0.25, -0.2) is 0 Å². The van der Waals surface area contributed by atoms with Crippen molar-refractivity contribution >= 4 is 0 Å². The highest BCUT2D eigenvalue weighted by Gasteiger charge is 2.26. The van der Waals surface area contributed by atoms with Crippen LogP contribution in [-0.4, -0.2) is 48.3 Å². The van der Waals surface area contributed by atoms with Crippen molar-refractivity contribution in [3.8, 4) is 0 Å². The van der Waals surface area contributed by atoms with E-state index in [2.05, 4.69) is 61.3 Å². The molecule has 2 N–H and O–H groups in total. The van der Waals surface area contributed by atoms with E-state index in [9.17, 15) is 5.11 Å². The number of likely N-dealkylation sites (tertiary alicyclic amines) is 1. The van der Waals surface area contributed by atoms with Crippen LogP contribution < -0.4 is 5.32 Å². The topological polar surface area (TPSA) is 35.5 Å². The molecule has 118 valence electrons. The molecule has 1 aliphatic rings. The van der Waals surface area contributed by atoms with Gasteiger partial charge in [-0.3, -0.25) is 0 Å². The van der Waals surface area contributed by atoms with Crippen molar-refractivity contribution in [2.75, 3.05) is 26.2 Å². The monoisotopic (exact) mass is 290 g/mol. The highest BCUT2D eigenvalue weighted by atomic mass is 16.3. The summed E-state index contributed by atoms with van der Waals surface area (Å²) in [7, 11) is 0. The van der Waals surface area contributed by atoms with E-state index >= 15 is 0 Å². The van der Waals surface area contributed by atoms with Crippen molar-refractivity contribution < 1.29 is 5.11 Å². The summed E-state index contributed by atoms with van der Waals surface area (Å²) in [5.74, 6) is 0. The zero-order valence-corrected chi connectivity index (χ0v) is 13.7. The van der Waals surface area contributed by atoms with Crippen LogP contribution in [0, 0.1) is 5.41 Å². The summed E-state index contributed by atoms with van der Waals surface area (Å²) in [6.45, 7) is 10.3. The largest absolute Gasteiger partial charge is 0.391 e. The lowest BCUT2D eigenvalue weighted by atomic mass is 9.89. The van der Waals surface area contributed by atoms with Crippen molar-refractivity contribution in [2.24, 2.45) is 5.41 Å². The molecule has 0 saturated carbocycles. The molecule has 0 aliphatic carbocycles. The SMILES string of the molecule is CC(C)(C)C(O)CNC1CCN(CCc2ccccc2)C1. The Kier molecular flexibility index (Phi) is 5.80. The quantitative estimate of drug-likeness (QED) is 0.844. The second kappa shape index (κ2) is 7.39. The molecule has 0 radical (unpaired) electrons. The Morgan fingerprint density at radius 1 is 1.29 bits per heavy atom. The van der Waals surface area contributed by atoms with Gasteiger partial charge in [0.1, 0.15) is 0 Å². The maximum atomic E-state index is 10.1. The van der Waals surface area contributed by atoms with Crippen LogP contribution in [-0.2, 0) is 6.42 Å². The molecule has 2 unspecified atom stereocenters. The van der Waals surface area contributed by atoms with E-state index < -0.39 is 0 Å². The fourth-order valence-electron chi connectivity index (χ4n) is 2.72. The number of nitrogens with zero attached hydrogens (tertiary/aromatic N) is 1. The smallest absolute Gasteiger partial charge is 0.0712 e. The predicted molar refractivity (Wildman–Crippen MR) is 88.5 cm³/mol. The Morgan fingerprint density at radius 3 is 2.67 bits per heavy atom. The minimum atomic E-state index is -0.282. The van der Waals surface area contributed by atoms with E-state index in [0.717, 1.165) is 26.1 Å². The molecule has 2 atom stereocenters. The molecule has 0 aromatic heterocycles. The fraction of sp³-hybridized carbons (Fsp3) is 0.667. The average Bonchev–Trinajstić information content (AvgIpc) is 2.90. The van der Waals surface area contributed by atoms with Crippen molar-refractivity contribution in [3.63, 3.8) is 0 Å². The Labute approximate surface area is 129 Å². The molecular weight excluding hydrogens is 260 g/mol. The number of aliphatic hydroxyl groups is 1. The average molecular weight is 290 g/mol. The van der Waals surface area contributed by atoms with Crippen molar-refractivity contribution in [1.82, 2.24) is 10.2 Å². The Morgan fingerprint density at radius 2 is 2.00 bits per heavy atom. The maximum absolute atomic E-state index is 10.1. The summed E-state index contributed by atoms with van der Waals surface area (Å²) in [6.07, 6.45) is 2.03. The molecule has 1 aromatic rings. The van der Waals surface area contributed by atoms with Crippen LogP contribution in [0.15, 0.2) is 30.3 Å². The number of hydrogen-bond donors (Lipinski definition) is 2. The lowest BCUT2D eigenvalue weighted by Gasteiger charge is -2.27. The standard InChI is InChI=1S/C18H30N2O/c1-18(2,3)17(21)13-19-16-10-12-20(14-16)11-9-15-7-5-4-6-8-15/h4-8,16-17,19,21H,9-14H2,1-3H3. The molecular formula is C18H30N2O. The van der Waals surface area contributed by atoms with E-state index in [1.165, 1.54) is 12.0 Å². The third-order valence-electron chi connectivity index (χ3n) is 4.43. The van der Waals surface area contributed by atoms with E-state index in [-0.39, 0.29) is 11.5 Å². The zero-order valence-electron chi connectivity index (χ0n) is 13.7. The highest BCUT2D eigenvalue weighted by molar-refractivity contribution is 5.14. The summed E-state index contributed by atoms with van der Waals surface area (Å²) in [6, 6.07) is 11.2. The van der Waals surface area contributed by atoms with Gasteiger partial charge in [-0.1, -0.05) is 51.1 Å². The summed E-state index contributed by atoms with van der Waals surface area (Å²) < 4.78 is 0. The molecule has 21 heavy (non-hydrogen) atoms. The van der Waals surface area contributed by atoms with Crippen molar-refractivity contribution in [3.05, 3.63) is 35.9 Å². The molecule has 1 fully saturated rings. The first-order chi connectivity index (χ1) is 9.95. The van der Waals surface area contributed by atoms with Gasteiger partial charge in [-0.05, 0) is 30.4 Å². The normalized spacial score (nSPS) is 21.6. The summed E-state index contributed by atoms with van der Waals surface area (Å²) >= 11 is 0. The summed E-state index contributed by atoms with van der Waals surface area (Å²) in [5.41, 5.74) is 1.37. The van der Waals surface area contributed by atoms with Crippen LogP contribution in [0.3, 0.4) is 0 Å². The van der Waals surface area contributed by atoms with E-state index in [4.69, 9.17) is 0 Å². The molecule has 3 nitrogen and oxygen atoms in total. The van der Waals surface area contributed by atoms with E-state index in [1.807, 2.05) is 0 Å². The molecule has 0 amide bonds. The molecule has 1 heterocycles.